The average molecular weight is 236 g/mol. The summed E-state index contributed by atoms with van der Waals surface area (Å²) in [6.45, 7) is 7.19. The van der Waals surface area contributed by atoms with Crippen LogP contribution >= 0.6 is 0 Å². The lowest BCUT2D eigenvalue weighted by atomic mass is 9.75. The van der Waals surface area contributed by atoms with Gasteiger partial charge in [0, 0.05) is 56.4 Å². The third-order valence-electron chi connectivity index (χ3n) is 5.41. The lowest BCUT2D eigenvalue weighted by molar-refractivity contribution is 0.0595. The molecule has 2 aliphatic carbocycles. The summed E-state index contributed by atoms with van der Waals surface area (Å²) in [6, 6.07) is 0.801. The van der Waals surface area contributed by atoms with Crippen LogP contribution in [0.3, 0.4) is 0 Å². The molecule has 0 aromatic carbocycles. The Kier molecular flexibility index (Phi) is 2.32. The van der Waals surface area contributed by atoms with Crippen molar-refractivity contribution in [3.8, 4) is 0 Å². The van der Waals surface area contributed by atoms with Gasteiger partial charge in [-0.25, -0.2) is 0 Å². The number of hydrogen-bond acceptors (Lipinski definition) is 4. The molecule has 3 N–H and O–H groups in total. The minimum absolute atomic E-state index is 0.431. The molecule has 4 aliphatic rings. The highest BCUT2D eigenvalue weighted by Crippen LogP contribution is 2.44. The molecule has 4 heteroatoms. The number of nitrogens with zero attached hydrogens (tertiary/aromatic N) is 1. The molecule has 0 bridgehead atoms. The molecular weight excluding hydrogens is 212 g/mol. The molecule has 0 radical (unpaired) electrons. The van der Waals surface area contributed by atoms with Crippen molar-refractivity contribution < 1.29 is 0 Å². The Bertz CT molecular complexity index is 307. The molecular formula is C13H24N4. The molecule has 4 nitrogen and oxygen atoms in total. The van der Waals surface area contributed by atoms with Gasteiger partial charge < -0.3 is 16.0 Å². The van der Waals surface area contributed by atoms with E-state index in [-0.39, 0.29) is 0 Å². The summed E-state index contributed by atoms with van der Waals surface area (Å²) in [7, 11) is 0. The lowest BCUT2D eigenvalue weighted by Gasteiger charge is -2.50. The first-order valence-electron chi connectivity index (χ1n) is 7.27. The van der Waals surface area contributed by atoms with Crippen molar-refractivity contribution in [3.05, 3.63) is 0 Å². The normalized spacial score (nSPS) is 44.8. The first kappa shape index (κ1) is 10.7. The summed E-state index contributed by atoms with van der Waals surface area (Å²) < 4.78 is 0. The van der Waals surface area contributed by atoms with E-state index in [4.69, 9.17) is 0 Å². The molecule has 2 saturated heterocycles. The van der Waals surface area contributed by atoms with E-state index in [1.165, 1.54) is 51.9 Å². The van der Waals surface area contributed by atoms with Crippen molar-refractivity contribution in [1.82, 2.24) is 20.9 Å². The maximum absolute atomic E-state index is 3.76. The predicted octanol–water partition coefficient (Wildman–Crippen LogP) is -0.482. The van der Waals surface area contributed by atoms with Crippen molar-refractivity contribution in [1.29, 1.82) is 0 Å². The minimum atomic E-state index is 0.431. The van der Waals surface area contributed by atoms with Gasteiger partial charge in [-0.3, -0.25) is 4.90 Å². The van der Waals surface area contributed by atoms with Gasteiger partial charge in [-0.1, -0.05) is 0 Å². The van der Waals surface area contributed by atoms with Crippen LogP contribution in [0.5, 0.6) is 0 Å². The maximum atomic E-state index is 3.76. The van der Waals surface area contributed by atoms with E-state index >= 15 is 0 Å². The van der Waals surface area contributed by atoms with Crippen LogP contribution in [0.15, 0.2) is 0 Å². The van der Waals surface area contributed by atoms with Crippen LogP contribution in [-0.2, 0) is 0 Å². The molecule has 2 spiro atoms. The second-order valence-electron chi connectivity index (χ2n) is 6.51. The van der Waals surface area contributed by atoms with Crippen LogP contribution in [0.2, 0.25) is 0 Å². The van der Waals surface area contributed by atoms with Gasteiger partial charge in [-0.05, 0) is 25.7 Å². The summed E-state index contributed by atoms with van der Waals surface area (Å²) in [5, 5.41) is 11.1. The standard InChI is InChI=1S/C13H24N4/c1-2-12(3-1)10-17(7-6-15-12)11-8-13(11)9-14-4-5-16-13/h11,14-16H,1-10H2. The quantitative estimate of drug-likeness (QED) is 0.575. The Balaban J connectivity index is 1.42. The SMILES string of the molecule is C1CC2(C1)CN(C1CC13CNCCN3)CCN2. The highest BCUT2D eigenvalue weighted by molar-refractivity contribution is 5.20. The molecule has 2 aliphatic heterocycles. The van der Waals surface area contributed by atoms with Crippen molar-refractivity contribution in [3.63, 3.8) is 0 Å². The second-order valence-corrected chi connectivity index (χ2v) is 6.51. The van der Waals surface area contributed by atoms with Gasteiger partial charge in [0.15, 0.2) is 0 Å². The number of rotatable bonds is 1. The summed E-state index contributed by atoms with van der Waals surface area (Å²) in [6.07, 6.45) is 5.58. The van der Waals surface area contributed by atoms with Crippen molar-refractivity contribution >= 4 is 0 Å². The number of piperazine rings is 2. The van der Waals surface area contributed by atoms with Crippen molar-refractivity contribution in [2.45, 2.75) is 42.8 Å². The first-order valence-corrected chi connectivity index (χ1v) is 7.27. The van der Waals surface area contributed by atoms with E-state index in [0.717, 1.165) is 19.1 Å². The lowest BCUT2D eigenvalue weighted by Crippen LogP contribution is -2.65. The fourth-order valence-corrected chi connectivity index (χ4v) is 4.11. The Labute approximate surface area is 104 Å². The molecule has 96 valence electrons. The summed E-state index contributed by atoms with van der Waals surface area (Å²) >= 11 is 0. The zero-order valence-corrected chi connectivity index (χ0v) is 10.6. The Hall–Kier alpha value is -0.160. The predicted molar refractivity (Wildman–Crippen MR) is 68.2 cm³/mol. The molecule has 0 aromatic rings. The van der Waals surface area contributed by atoms with Gasteiger partial charge in [0.2, 0.25) is 0 Å². The monoisotopic (exact) mass is 236 g/mol. The maximum Gasteiger partial charge on any atom is 0.0480 e. The van der Waals surface area contributed by atoms with Crippen molar-refractivity contribution in [2.24, 2.45) is 0 Å². The molecule has 2 heterocycles. The fourth-order valence-electron chi connectivity index (χ4n) is 4.11. The highest BCUT2D eigenvalue weighted by atomic mass is 15.3. The van der Waals surface area contributed by atoms with Gasteiger partial charge >= 0.3 is 0 Å². The van der Waals surface area contributed by atoms with E-state index in [0.29, 0.717) is 11.1 Å². The number of hydrogen-bond donors (Lipinski definition) is 3. The van der Waals surface area contributed by atoms with Crippen LogP contribution in [0.25, 0.3) is 0 Å². The third kappa shape index (κ3) is 1.65. The largest absolute Gasteiger partial charge is 0.314 e. The number of nitrogens with one attached hydrogen (secondary N) is 3. The Morgan fingerprint density at radius 2 is 2.00 bits per heavy atom. The fraction of sp³-hybridized carbons (Fsp3) is 1.00. The van der Waals surface area contributed by atoms with Crippen LogP contribution in [-0.4, -0.2) is 61.3 Å². The van der Waals surface area contributed by atoms with Gasteiger partial charge in [0.1, 0.15) is 0 Å². The molecule has 2 unspecified atom stereocenters. The molecule has 4 fully saturated rings. The zero-order valence-electron chi connectivity index (χ0n) is 10.6. The summed E-state index contributed by atoms with van der Waals surface area (Å²) in [5.74, 6) is 0. The third-order valence-corrected chi connectivity index (χ3v) is 5.41. The molecule has 0 amide bonds. The second kappa shape index (κ2) is 3.67. The van der Waals surface area contributed by atoms with E-state index in [1.807, 2.05) is 0 Å². The zero-order chi connectivity index (χ0) is 11.3. The van der Waals surface area contributed by atoms with E-state index in [2.05, 4.69) is 20.9 Å². The summed E-state index contributed by atoms with van der Waals surface area (Å²) in [5.41, 5.74) is 0.935. The van der Waals surface area contributed by atoms with Crippen LogP contribution < -0.4 is 16.0 Å². The van der Waals surface area contributed by atoms with Gasteiger partial charge in [-0.15, -0.1) is 0 Å². The van der Waals surface area contributed by atoms with E-state index < -0.39 is 0 Å². The Morgan fingerprint density at radius 1 is 1.06 bits per heavy atom. The smallest absolute Gasteiger partial charge is 0.0480 e. The molecule has 0 aromatic heterocycles. The van der Waals surface area contributed by atoms with Crippen LogP contribution in [0.1, 0.15) is 25.7 Å². The van der Waals surface area contributed by atoms with E-state index in [9.17, 15) is 0 Å². The first-order chi connectivity index (χ1) is 8.32. The van der Waals surface area contributed by atoms with Crippen LogP contribution in [0, 0.1) is 0 Å². The molecule has 2 atom stereocenters. The highest BCUT2D eigenvalue weighted by Gasteiger charge is 2.58. The Morgan fingerprint density at radius 3 is 2.71 bits per heavy atom. The van der Waals surface area contributed by atoms with Gasteiger partial charge in [-0.2, -0.15) is 0 Å². The van der Waals surface area contributed by atoms with E-state index in [1.54, 1.807) is 0 Å². The topological polar surface area (TPSA) is 39.3 Å². The minimum Gasteiger partial charge on any atom is -0.314 e. The van der Waals surface area contributed by atoms with Gasteiger partial charge in [0.25, 0.3) is 0 Å². The average Bonchev–Trinajstić information content (AvgIpc) is 3.02. The molecule has 17 heavy (non-hydrogen) atoms. The molecule has 4 rings (SSSR count). The van der Waals surface area contributed by atoms with Crippen molar-refractivity contribution in [2.75, 3.05) is 39.3 Å². The molecule has 2 saturated carbocycles. The van der Waals surface area contributed by atoms with Crippen LogP contribution in [0.4, 0.5) is 0 Å². The summed E-state index contributed by atoms with van der Waals surface area (Å²) in [4.78, 5) is 2.76. The van der Waals surface area contributed by atoms with Gasteiger partial charge in [0.05, 0.1) is 0 Å².